The smallest absolute Gasteiger partial charge is 0.119 e. The topological polar surface area (TPSA) is 121 Å². The molecule has 0 aliphatic rings. The molecule has 0 heterocycles. The highest BCUT2D eigenvalue weighted by Gasteiger charge is 2.08. The third kappa shape index (κ3) is 16.1. The largest absolute Gasteiger partial charge is 0.508 e. The highest BCUT2D eigenvalue weighted by atomic mass is 16.3. The third-order valence-corrected chi connectivity index (χ3v) is 14.9. The van der Waals surface area contributed by atoms with Crippen molar-refractivity contribution in [2.45, 2.75) is 38.5 Å². The Balaban J connectivity index is 0.000000140. The highest BCUT2D eigenvalue weighted by molar-refractivity contribution is 5.66. The Hall–Kier alpha value is -10.6. The van der Waals surface area contributed by atoms with Crippen LogP contribution in [-0.4, -0.2) is 30.6 Å². The number of hydrogen-bond donors (Lipinski definition) is 6. The van der Waals surface area contributed by atoms with E-state index in [4.69, 9.17) is 0 Å². The molecule has 12 rings (SSSR count). The van der Waals surface area contributed by atoms with Crippen molar-refractivity contribution in [2.24, 2.45) is 0 Å². The van der Waals surface area contributed by atoms with Gasteiger partial charge in [0.05, 0.1) is 0 Å². The Morgan fingerprint density at radius 1 is 0.155 bits per heavy atom. The van der Waals surface area contributed by atoms with Crippen molar-refractivity contribution >= 4 is 0 Å². The molecule has 6 heteroatoms. The molecule has 6 N–H and O–H groups in total. The maximum atomic E-state index is 9.94. The molecule has 0 radical (unpaired) electrons. The summed E-state index contributed by atoms with van der Waals surface area (Å²) in [5.41, 5.74) is 20.7. The number of benzene rings is 12. The molecule has 0 unspecified atom stereocenters. The molecule has 12 aromatic carbocycles. The van der Waals surface area contributed by atoms with Gasteiger partial charge in [-0.2, -0.15) is 0 Å². The fourth-order valence-electron chi connectivity index (χ4n) is 10.1. The minimum Gasteiger partial charge on any atom is -0.508 e. The SMILES string of the molecule is Oc1ccc(Cc2ccc(-c3ccc(Cc4ccc(O)cc4)cc3)cc2)cc1.Oc1ccc(Cc2ccc(-c3ccc(Cc4ccccc4O)cc3)cc2)cc1.Oc1ccccc1Cc1ccc(-c2ccc(Cc3ccccc3O)cc2)cc1. The van der Waals surface area contributed by atoms with Crippen molar-refractivity contribution in [3.63, 3.8) is 0 Å². The van der Waals surface area contributed by atoms with Crippen LogP contribution in [0.25, 0.3) is 33.4 Å². The van der Waals surface area contributed by atoms with Gasteiger partial charge < -0.3 is 30.6 Å². The van der Waals surface area contributed by atoms with Crippen molar-refractivity contribution < 1.29 is 30.6 Å². The van der Waals surface area contributed by atoms with Gasteiger partial charge >= 0.3 is 0 Å². The average molecular weight is 1100 g/mol. The molecule has 0 aliphatic heterocycles. The minimum atomic E-state index is 0.296. The number of para-hydroxylation sites is 3. The summed E-state index contributed by atoms with van der Waals surface area (Å²) in [6.07, 6.45) is 4.70. The first-order valence-corrected chi connectivity index (χ1v) is 28.2. The second kappa shape index (κ2) is 27.7. The highest BCUT2D eigenvalue weighted by Crippen LogP contribution is 2.29. The molecule has 0 saturated carbocycles. The molecule has 0 aliphatic carbocycles. The average Bonchev–Trinajstić information content (AvgIpc) is 3.62. The fourth-order valence-corrected chi connectivity index (χ4v) is 10.1. The van der Waals surface area contributed by atoms with Gasteiger partial charge in [-0.05, 0) is 174 Å². The van der Waals surface area contributed by atoms with Crippen LogP contribution in [0.5, 0.6) is 34.5 Å². The molecule has 6 nitrogen and oxygen atoms in total. The lowest BCUT2D eigenvalue weighted by atomic mass is 9.98. The van der Waals surface area contributed by atoms with Gasteiger partial charge in [0.1, 0.15) is 34.5 Å². The Labute approximate surface area is 492 Å². The maximum Gasteiger partial charge on any atom is 0.119 e. The Bertz CT molecular complexity index is 3810. The van der Waals surface area contributed by atoms with E-state index in [2.05, 4.69) is 146 Å². The summed E-state index contributed by atoms with van der Waals surface area (Å²) >= 11 is 0. The van der Waals surface area contributed by atoms with Crippen molar-refractivity contribution in [2.75, 3.05) is 0 Å². The van der Waals surface area contributed by atoms with Gasteiger partial charge in [-0.3, -0.25) is 0 Å². The number of aromatic hydroxyl groups is 6. The molecule has 84 heavy (non-hydrogen) atoms. The van der Waals surface area contributed by atoms with Crippen LogP contribution < -0.4 is 0 Å². The Kier molecular flexibility index (Phi) is 18.7. The molecule has 0 bridgehead atoms. The van der Waals surface area contributed by atoms with Gasteiger partial charge in [0, 0.05) is 19.3 Å². The van der Waals surface area contributed by atoms with Crippen LogP contribution in [0.2, 0.25) is 0 Å². The first-order chi connectivity index (χ1) is 41.0. The van der Waals surface area contributed by atoms with E-state index in [1.165, 1.54) is 72.3 Å². The van der Waals surface area contributed by atoms with Crippen molar-refractivity contribution in [1.82, 2.24) is 0 Å². The summed E-state index contributed by atoms with van der Waals surface area (Å²) in [4.78, 5) is 0. The number of phenolic OH excluding ortho intramolecular Hbond substituents is 6. The van der Waals surface area contributed by atoms with Gasteiger partial charge in [0.2, 0.25) is 0 Å². The maximum absolute atomic E-state index is 9.94. The minimum absolute atomic E-state index is 0.296. The summed E-state index contributed by atoms with van der Waals surface area (Å²) in [7, 11) is 0. The normalized spacial score (nSPS) is 10.7. The van der Waals surface area contributed by atoms with Gasteiger partial charge in [-0.25, -0.2) is 0 Å². The summed E-state index contributed by atoms with van der Waals surface area (Å²) < 4.78 is 0. The predicted molar refractivity (Wildman–Crippen MR) is 341 cm³/mol. The van der Waals surface area contributed by atoms with E-state index in [1.54, 1.807) is 54.6 Å². The zero-order chi connectivity index (χ0) is 58.0. The van der Waals surface area contributed by atoms with Gasteiger partial charge in [0.15, 0.2) is 0 Å². The lowest BCUT2D eigenvalue weighted by molar-refractivity contribution is 0.469. The molecular weight excluding hydrogens is 1030 g/mol. The first kappa shape index (κ1) is 56.7. The number of phenols is 6. The first-order valence-electron chi connectivity index (χ1n) is 28.2. The monoisotopic (exact) mass is 1100 g/mol. The number of hydrogen-bond acceptors (Lipinski definition) is 6. The molecule has 0 saturated heterocycles. The van der Waals surface area contributed by atoms with E-state index < -0.39 is 0 Å². The van der Waals surface area contributed by atoms with Crippen LogP contribution in [-0.2, 0) is 38.5 Å². The summed E-state index contributed by atoms with van der Waals surface area (Å²) in [5, 5.41) is 58.0. The molecule has 0 fully saturated rings. The van der Waals surface area contributed by atoms with E-state index in [0.29, 0.717) is 47.3 Å². The van der Waals surface area contributed by atoms with E-state index in [9.17, 15) is 30.6 Å². The third-order valence-electron chi connectivity index (χ3n) is 14.9. The zero-order valence-corrected chi connectivity index (χ0v) is 46.6. The van der Waals surface area contributed by atoms with Crippen LogP contribution in [0.1, 0.15) is 66.8 Å². The van der Waals surface area contributed by atoms with Crippen LogP contribution in [0, 0.1) is 0 Å². The van der Waals surface area contributed by atoms with Crippen LogP contribution >= 0.6 is 0 Å². The van der Waals surface area contributed by atoms with Crippen molar-refractivity contribution in [1.29, 1.82) is 0 Å². The summed E-state index contributed by atoms with van der Waals surface area (Å²) in [5.74, 6) is 1.92. The molecule has 0 atom stereocenters. The van der Waals surface area contributed by atoms with Gasteiger partial charge in [-0.15, -0.1) is 0 Å². The summed E-state index contributed by atoms with van der Waals surface area (Å²) in [6, 6.07) is 95.7. The number of rotatable bonds is 15. The van der Waals surface area contributed by atoms with E-state index in [1.807, 2.05) is 91.0 Å². The Morgan fingerprint density at radius 2 is 0.310 bits per heavy atom. The van der Waals surface area contributed by atoms with Crippen LogP contribution in [0.15, 0.2) is 291 Å². The van der Waals surface area contributed by atoms with E-state index in [-0.39, 0.29) is 0 Å². The van der Waals surface area contributed by atoms with Crippen LogP contribution in [0.4, 0.5) is 0 Å². The molecule has 414 valence electrons. The molecule has 0 aromatic heterocycles. The second-order valence-corrected chi connectivity index (χ2v) is 21.1. The van der Waals surface area contributed by atoms with E-state index in [0.717, 1.165) is 53.5 Å². The van der Waals surface area contributed by atoms with Gasteiger partial charge in [-0.1, -0.05) is 237 Å². The van der Waals surface area contributed by atoms with Crippen molar-refractivity contribution in [3.8, 4) is 67.9 Å². The Morgan fingerprint density at radius 3 is 0.488 bits per heavy atom. The summed E-state index contributed by atoms with van der Waals surface area (Å²) in [6.45, 7) is 0. The molecule has 12 aromatic rings. The van der Waals surface area contributed by atoms with E-state index >= 15 is 0 Å². The molecule has 0 amide bonds. The quantitative estimate of drug-likeness (QED) is 0.0608. The predicted octanol–water partition coefficient (Wildman–Crippen LogP) is 17.8. The van der Waals surface area contributed by atoms with Gasteiger partial charge in [0.25, 0.3) is 0 Å². The molecular formula is C78H66O6. The standard InChI is InChI=1S/3C26H22O2/c27-25-13-5-21(6-14-25)17-19-1-9-23(10-2-19)24-11-3-20(4-12-24)18-22-7-15-26(28)16-8-22;27-25-7-3-1-5-23(25)17-19-9-13-21(14-10-19)22-15-11-20(12-16-22)18-24-6-2-4-8-26(24)28;27-25-15-9-20(10-16-25)17-19-5-11-22(12-6-19)23-13-7-21(8-14-23)18-24-3-1-2-4-26(24)28/h3*1-16,27-28H,17-18H2. The lowest BCUT2D eigenvalue weighted by Gasteiger charge is -2.08. The lowest BCUT2D eigenvalue weighted by Crippen LogP contribution is -1.90. The molecule has 0 spiro atoms. The second-order valence-electron chi connectivity index (χ2n) is 21.1. The van der Waals surface area contributed by atoms with Crippen LogP contribution in [0.3, 0.4) is 0 Å². The zero-order valence-electron chi connectivity index (χ0n) is 46.6. The van der Waals surface area contributed by atoms with Crippen molar-refractivity contribution in [3.05, 3.63) is 358 Å². The fraction of sp³-hybridized carbons (Fsp3) is 0.0769.